The summed E-state index contributed by atoms with van der Waals surface area (Å²) in [5.41, 5.74) is -0.822. The van der Waals surface area contributed by atoms with E-state index in [0.717, 1.165) is 10.6 Å². The maximum Gasteiger partial charge on any atom is 0.231 e. The van der Waals surface area contributed by atoms with E-state index >= 15 is 0 Å². The topological polar surface area (TPSA) is 62.1 Å². The van der Waals surface area contributed by atoms with Gasteiger partial charge in [0.25, 0.3) is 0 Å². The molecule has 0 spiro atoms. The number of carbonyl (C=O) groups is 1. The van der Waals surface area contributed by atoms with Gasteiger partial charge in [-0.15, -0.1) is 11.8 Å². The number of rotatable bonds is 6. The first-order valence-corrected chi connectivity index (χ1v) is 7.39. The summed E-state index contributed by atoms with van der Waals surface area (Å²) in [6.07, 6.45) is 0. The van der Waals surface area contributed by atoms with Crippen LogP contribution in [0.1, 0.15) is 20.8 Å². The van der Waals surface area contributed by atoms with Crippen molar-refractivity contribution in [3.05, 3.63) is 24.3 Å². The monoisotopic (exact) mass is 292 g/mol. The minimum Gasteiger partial charge on any atom is -0.497 e. The van der Waals surface area contributed by atoms with Crippen LogP contribution in [0.3, 0.4) is 0 Å². The van der Waals surface area contributed by atoms with Crippen LogP contribution in [0.5, 0.6) is 5.75 Å². The smallest absolute Gasteiger partial charge is 0.231 e. The molecule has 0 aliphatic carbocycles. The van der Waals surface area contributed by atoms with Gasteiger partial charge in [0.05, 0.1) is 18.9 Å². The Bertz CT molecular complexity index is 494. The average molecular weight is 292 g/mol. The molecule has 1 aromatic rings. The minimum atomic E-state index is -0.822. The molecule has 0 fully saturated rings. The summed E-state index contributed by atoms with van der Waals surface area (Å²) >= 11 is 1.43. The van der Waals surface area contributed by atoms with Crippen LogP contribution in [0.25, 0.3) is 0 Å². The van der Waals surface area contributed by atoms with Gasteiger partial charge >= 0.3 is 0 Å². The number of thioether (sulfide) groups is 1. The molecule has 1 aromatic carbocycles. The SMILES string of the molecule is COc1ccc(SCC(=O)N[C@@](C)(C#N)C(C)C)cc1. The third kappa shape index (κ3) is 4.46. The lowest BCUT2D eigenvalue weighted by Gasteiger charge is -2.27. The Hall–Kier alpha value is -1.67. The summed E-state index contributed by atoms with van der Waals surface area (Å²) in [7, 11) is 1.62. The molecule has 0 heterocycles. The Labute approximate surface area is 124 Å². The molecule has 0 aliphatic rings. The first-order chi connectivity index (χ1) is 9.41. The highest BCUT2D eigenvalue weighted by atomic mass is 32.2. The van der Waals surface area contributed by atoms with E-state index in [1.165, 1.54) is 11.8 Å². The highest BCUT2D eigenvalue weighted by Crippen LogP contribution is 2.22. The Morgan fingerprint density at radius 1 is 1.45 bits per heavy atom. The second kappa shape index (κ2) is 7.20. The van der Waals surface area contributed by atoms with Crippen molar-refractivity contribution in [2.75, 3.05) is 12.9 Å². The predicted octanol–water partition coefficient (Wildman–Crippen LogP) is 2.84. The van der Waals surface area contributed by atoms with Crippen molar-refractivity contribution in [3.8, 4) is 11.8 Å². The van der Waals surface area contributed by atoms with Crippen molar-refractivity contribution in [2.24, 2.45) is 5.92 Å². The van der Waals surface area contributed by atoms with Gasteiger partial charge in [0.15, 0.2) is 0 Å². The van der Waals surface area contributed by atoms with Crippen LogP contribution in [-0.2, 0) is 4.79 Å². The van der Waals surface area contributed by atoms with Crippen molar-refractivity contribution in [1.82, 2.24) is 5.32 Å². The molecule has 0 aromatic heterocycles. The molecule has 0 radical (unpaired) electrons. The number of methoxy groups -OCH3 is 1. The van der Waals surface area contributed by atoms with Crippen molar-refractivity contribution < 1.29 is 9.53 Å². The Balaban J connectivity index is 2.53. The number of nitrogens with zero attached hydrogens (tertiary/aromatic N) is 1. The molecule has 1 atom stereocenters. The van der Waals surface area contributed by atoms with Gasteiger partial charge in [0, 0.05) is 4.90 Å². The van der Waals surface area contributed by atoms with Crippen LogP contribution >= 0.6 is 11.8 Å². The molecule has 1 rings (SSSR count). The molecule has 20 heavy (non-hydrogen) atoms. The van der Waals surface area contributed by atoms with E-state index in [-0.39, 0.29) is 17.6 Å². The van der Waals surface area contributed by atoms with Crippen LogP contribution in [0, 0.1) is 17.2 Å². The standard InChI is InChI=1S/C15H20N2O2S/c1-11(2)15(3,10-16)17-14(18)9-20-13-7-5-12(19-4)6-8-13/h5-8,11H,9H2,1-4H3,(H,17,18)/t15-/m0/s1. The second-order valence-electron chi connectivity index (χ2n) is 4.98. The van der Waals surface area contributed by atoms with E-state index < -0.39 is 5.54 Å². The zero-order chi connectivity index (χ0) is 15.2. The summed E-state index contributed by atoms with van der Waals surface area (Å²) in [6.45, 7) is 5.58. The molecular weight excluding hydrogens is 272 g/mol. The molecule has 0 saturated carbocycles. The van der Waals surface area contributed by atoms with E-state index in [0.29, 0.717) is 0 Å². The molecule has 0 saturated heterocycles. The number of hydrogen-bond donors (Lipinski definition) is 1. The normalized spacial score (nSPS) is 13.4. The van der Waals surface area contributed by atoms with Crippen molar-refractivity contribution >= 4 is 17.7 Å². The minimum absolute atomic E-state index is 0.0578. The van der Waals surface area contributed by atoms with Crippen LogP contribution < -0.4 is 10.1 Å². The van der Waals surface area contributed by atoms with Crippen LogP contribution in [0.4, 0.5) is 0 Å². The third-order valence-electron chi connectivity index (χ3n) is 3.22. The van der Waals surface area contributed by atoms with Crippen molar-refractivity contribution in [2.45, 2.75) is 31.2 Å². The molecule has 4 nitrogen and oxygen atoms in total. The largest absolute Gasteiger partial charge is 0.497 e. The van der Waals surface area contributed by atoms with Gasteiger partial charge < -0.3 is 10.1 Å². The molecule has 1 N–H and O–H groups in total. The fraction of sp³-hybridized carbons (Fsp3) is 0.467. The van der Waals surface area contributed by atoms with Gasteiger partial charge in [-0.2, -0.15) is 5.26 Å². The maximum atomic E-state index is 11.9. The maximum absolute atomic E-state index is 11.9. The summed E-state index contributed by atoms with van der Waals surface area (Å²) < 4.78 is 5.08. The van der Waals surface area contributed by atoms with E-state index in [1.54, 1.807) is 14.0 Å². The van der Waals surface area contributed by atoms with Gasteiger partial charge in [0.2, 0.25) is 5.91 Å². The molecule has 0 bridgehead atoms. The van der Waals surface area contributed by atoms with Crippen LogP contribution in [0.2, 0.25) is 0 Å². The highest BCUT2D eigenvalue weighted by Gasteiger charge is 2.29. The van der Waals surface area contributed by atoms with Crippen LogP contribution in [-0.4, -0.2) is 24.3 Å². The predicted molar refractivity (Wildman–Crippen MR) is 80.7 cm³/mol. The zero-order valence-electron chi connectivity index (χ0n) is 12.3. The highest BCUT2D eigenvalue weighted by molar-refractivity contribution is 8.00. The van der Waals surface area contributed by atoms with Gasteiger partial charge in [0.1, 0.15) is 11.3 Å². The Kier molecular flexibility index (Phi) is 5.90. The van der Waals surface area contributed by atoms with Gasteiger partial charge in [-0.25, -0.2) is 0 Å². The van der Waals surface area contributed by atoms with E-state index in [9.17, 15) is 4.79 Å². The van der Waals surface area contributed by atoms with Crippen LogP contribution in [0.15, 0.2) is 29.2 Å². The van der Waals surface area contributed by atoms with Gasteiger partial charge in [-0.3, -0.25) is 4.79 Å². The molecule has 0 aliphatic heterocycles. The van der Waals surface area contributed by atoms with E-state index in [2.05, 4.69) is 11.4 Å². The zero-order valence-corrected chi connectivity index (χ0v) is 13.1. The number of nitrogens with one attached hydrogen (secondary N) is 1. The molecular formula is C15H20N2O2S. The first-order valence-electron chi connectivity index (χ1n) is 6.40. The number of benzene rings is 1. The summed E-state index contributed by atoms with van der Waals surface area (Å²) in [5.74, 6) is 0.998. The fourth-order valence-corrected chi connectivity index (χ4v) is 2.15. The number of ether oxygens (including phenoxy) is 1. The van der Waals surface area contributed by atoms with E-state index in [1.807, 2.05) is 38.1 Å². The number of hydrogen-bond acceptors (Lipinski definition) is 4. The lowest BCUT2D eigenvalue weighted by Crippen LogP contribution is -2.49. The molecule has 1 amide bonds. The fourth-order valence-electron chi connectivity index (χ4n) is 1.45. The van der Waals surface area contributed by atoms with E-state index in [4.69, 9.17) is 10.00 Å². The summed E-state index contributed by atoms with van der Waals surface area (Å²) in [6, 6.07) is 9.69. The lowest BCUT2D eigenvalue weighted by molar-refractivity contribution is -0.120. The molecule has 0 unspecified atom stereocenters. The summed E-state index contributed by atoms with van der Waals surface area (Å²) in [5, 5.41) is 12.0. The van der Waals surface area contributed by atoms with Gasteiger partial charge in [-0.1, -0.05) is 13.8 Å². The van der Waals surface area contributed by atoms with Gasteiger partial charge in [-0.05, 0) is 37.1 Å². The third-order valence-corrected chi connectivity index (χ3v) is 4.23. The Morgan fingerprint density at radius 3 is 2.50 bits per heavy atom. The van der Waals surface area contributed by atoms with Crippen molar-refractivity contribution in [1.29, 1.82) is 5.26 Å². The second-order valence-corrected chi connectivity index (χ2v) is 6.03. The molecule has 5 heteroatoms. The molecule has 108 valence electrons. The Morgan fingerprint density at radius 2 is 2.05 bits per heavy atom. The quantitative estimate of drug-likeness (QED) is 0.819. The number of carbonyl (C=O) groups excluding carboxylic acids is 1. The number of nitriles is 1. The summed E-state index contributed by atoms with van der Waals surface area (Å²) in [4.78, 5) is 12.9. The average Bonchev–Trinajstić information content (AvgIpc) is 2.45. The lowest BCUT2D eigenvalue weighted by atomic mass is 9.90. The first kappa shape index (κ1) is 16.4. The van der Waals surface area contributed by atoms with Crippen molar-refractivity contribution in [3.63, 3.8) is 0 Å². The number of amides is 1.